The molecule has 1 saturated carbocycles. The van der Waals surface area contributed by atoms with Crippen LogP contribution in [0.2, 0.25) is 0 Å². The molecule has 0 aliphatic heterocycles. The average molecular weight is 599 g/mol. The van der Waals surface area contributed by atoms with Crippen molar-refractivity contribution < 1.29 is 26.3 Å². The van der Waals surface area contributed by atoms with Crippen molar-refractivity contribution in [2.75, 3.05) is 0 Å². The molecule has 43 heavy (non-hydrogen) atoms. The second-order valence-corrected chi connectivity index (χ2v) is 12.3. The first-order valence-electron chi connectivity index (χ1n) is 15.9. The van der Waals surface area contributed by atoms with Crippen molar-refractivity contribution in [3.63, 3.8) is 0 Å². The molecule has 0 bridgehead atoms. The maximum Gasteiger partial charge on any atom is 0.166 e. The summed E-state index contributed by atoms with van der Waals surface area (Å²) in [6, 6.07) is 9.93. The summed E-state index contributed by atoms with van der Waals surface area (Å²) in [6.07, 6.45) is 9.16. The van der Waals surface area contributed by atoms with Crippen LogP contribution in [0.15, 0.2) is 42.5 Å². The molecule has 3 aromatic carbocycles. The minimum atomic E-state index is -0.849. The van der Waals surface area contributed by atoms with Gasteiger partial charge in [0.05, 0.1) is 0 Å². The second-order valence-electron chi connectivity index (χ2n) is 12.3. The van der Waals surface area contributed by atoms with Crippen LogP contribution in [0.3, 0.4) is 0 Å². The Morgan fingerprint density at radius 1 is 0.558 bits per heavy atom. The summed E-state index contributed by atoms with van der Waals surface area (Å²) in [5, 5.41) is 0. The molecule has 1 atom stereocenters. The Hall–Kier alpha value is -3.02. The maximum atomic E-state index is 15.4. The highest BCUT2D eigenvalue weighted by Crippen LogP contribution is 2.44. The van der Waals surface area contributed by atoms with Crippen LogP contribution in [0, 0.1) is 34.9 Å². The van der Waals surface area contributed by atoms with Gasteiger partial charge < -0.3 is 0 Å². The van der Waals surface area contributed by atoms with Gasteiger partial charge in [-0.25, -0.2) is 26.3 Å². The van der Waals surface area contributed by atoms with E-state index in [0.717, 1.165) is 19.3 Å². The summed E-state index contributed by atoms with van der Waals surface area (Å²) in [4.78, 5) is 0. The van der Waals surface area contributed by atoms with Crippen molar-refractivity contribution in [1.29, 1.82) is 0 Å². The monoisotopic (exact) mass is 598 g/mol. The Kier molecular flexibility index (Phi) is 10.0. The van der Waals surface area contributed by atoms with Gasteiger partial charge in [-0.15, -0.1) is 0 Å². The molecule has 1 unspecified atom stereocenters. The topological polar surface area (TPSA) is 0 Å². The summed E-state index contributed by atoms with van der Waals surface area (Å²) in [7, 11) is 0. The van der Waals surface area contributed by atoms with Crippen molar-refractivity contribution >= 4 is 5.57 Å². The van der Waals surface area contributed by atoms with Crippen molar-refractivity contribution in [2.24, 2.45) is 0 Å². The van der Waals surface area contributed by atoms with E-state index in [0.29, 0.717) is 91.2 Å². The van der Waals surface area contributed by atoms with E-state index >= 15 is 8.78 Å². The number of allylic oxidation sites excluding steroid dienone is 2. The van der Waals surface area contributed by atoms with Crippen molar-refractivity contribution in [3.8, 4) is 0 Å². The van der Waals surface area contributed by atoms with Gasteiger partial charge >= 0.3 is 0 Å². The third-order valence-corrected chi connectivity index (χ3v) is 9.73. The molecule has 0 spiro atoms. The minimum absolute atomic E-state index is 0.150. The summed E-state index contributed by atoms with van der Waals surface area (Å²) in [5.74, 6) is -5.49. The largest absolute Gasteiger partial charge is 0.203 e. The number of unbranched alkanes of at least 4 members (excludes halogenated alkanes) is 2. The summed E-state index contributed by atoms with van der Waals surface area (Å²) >= 11 is 0. The second kappa shape index (κ2) is 13.7. The molecule has 2 aliphatic carbocycles. The van der Waals surface area contributed by atoms with E-state index in [9.17, 15) is 17.6 Å². The molecule has 2 aliphatic rings. The van der Waals surface area contributed by atoms with Gasteiger partial charge in [-0.1, -0.05) is 69.2 Å². The third-order valence-electron chi connectivity index (χ3n) is 9.73. The smallest absolute Gasteiger partial charge is 0.166 e. The van der Waals surface area contributed by atoms with E-state index in [2.05, 4.69) is 6.92 Å². The van der Waals surface area contributed by atoms with Crippen molar-refractivity contribution in [1.82, 2.24) is 0 Å². The summed E-state index contributed by atoms with van der Waals surface area (Å²) in [5.41, 5.74) is 2.68. The normalized spacial score (nSPS) is 20.7. The van der Waals surface area contributed by atoms with E-state index in [-0.39, 0.29) is 23.3 Å². The molecular weight excluding hydrogens is 558 g/mol. The quantitative estimate of drug-likeness (QED) is 0.170. The van der Waals surface area contributed by atoms with Crippen LogP contribution in [-0.4, -0.2) is 0 Å². The Morgan fingerprint density at radius 3 is 1.65 bits per heavy atom. The molecule has 0 heterocycles. The van der Waals surface area contributed by atoms with Crippen LogP contribution >= 0.6 is 0 Å². The predicted molar refractivity (Wildman–Crippen MR) is 160 cm³/mol. The molecule has 0 radical (unpaired) electrons. The van der Waals surface area contributed by atoms with Gasteiger partial charge in [0.15, 0.2) is 34.9 Å². The molecule has 0 saturated heterocycles. The van der Waals surface area contributed by atoms with Crippen LogP contribution < -0.4 is 0 Å². The number of hydrogen-bond acceptors (Lipinski definition) is 0. The van der Waals surface area contributed by atoms with E-state index in [1.165, 1.54) is 0 Å². The Bertz CT molecular complexity index is 1480. The minimum Gasteiger partial charge on any atom is -0.203 e. The zero-order valence-electron chi connectivity index (χ0n) is 25.0. The van der Waals surface area contributed by atoms with E-state index < -0.39 is 34.9 Å². The van der Waals surface area contributed by atoms with Gasteiger partial charge in [-0.3, -0.25) is 0 Å². The van der Waals surface area contributed by atoms with E-state index in [1.54, 1.807) is 43.3 Å². The van der Waals surface area contributed by atoms with Gasteiger partial charge in [-0.2, -0.15) is 0 Å². The molecule has 3 aromatic rings. The van der Waals surface area contributed by atoms with Gasteiger partial charge in [-0.05, 0) is 115 Å². The average Bonchev–Trinajstić information content (AvgIpc) is 3.02. The van der Waals surface area contributed by atoms with Gasteiger partial charge in [0, 0.05) is 5.56 Å². The summed E-state index contributed by atoms with van der Waals surface area (Å²) in [6.45, 7) is 3.84. The number of benzene rings is 3. The lowest BCUT2D eigenvalue weighted by atomic mass is 9.75. The molecule has 230 valence electrons. The highest BCUT2D eigenvalue weighted by molar-refractivity contribution is 5.67. The lowest BCUT2D eigenvalue weighted by Gasteiger charge is -2.30. The highest BCUT2D eigenvalue weighted by atomic mass is 19.2. The molecule has 6 heteroatoms. The molecule has 0 aromatic heterocycles. The van der Waals surface area contributed by atoms with Crippen molar-refractivity contribution in [2.45, 2.75) is 109 Å². The molecular formula is C37H40F6. The Balaban J connectivity index is 1.25. The van der Waals surface area contributed by atoms with Gasteiger partial charge in [0.25, 0.3) is 0 Å². The van der Waals surface area contributed by atoms with Crippen LogP contribution in [0.1, 0.15) is 129 Å². The van der Waals surface area contributed by atoms with Crippen LogP contribution in [-0.2, 0) is 12.8 Å². The first-order chi connectivity index (χ1) is 20.7. The Labute approximate surface area is 251 Å². The predicted octanol–water partition coefficient (Wildman–Crippen LogP) is 11.6. The number of aryl methyl sites for hydroxylation is 2. The van der Waals surface area contributed by atoms with E-state index in [1.807, 2.05) is 6.08 Å². The number of rotatable bonds is 9. The molecule has 0 nitrogen and oxygen atoms in total. The molecule has 1 fully saturated rings. The molecule has 5 rings (SSSR count). The highest BCUT2D eigenvalue weighted by Gasteiger charge is 2.31. The standard InChI is InChI=1S/C37H40F6/c1-3-5-6-7-27-17-19-29(35(41)33(27)39)24-10-14-26(15-11-24)31-21-20-30(36(42)37(31)43)25-12-8-23(9-13-25)28-18-16-22(4-2)32(38)34(28)40/h10,16-21,23,25-26H,3-9,11-15H2,1-2H3. The zero-order chi connectivity index (χ0) is 30.7. The Morgan fingerprint density at radius 2 is 1.09 bits per heavy atom. The fourth-order valence-electron chi connectivity index (χ4n) is 7.08. The first kappa shape index (κ1) is 31.4. The SMILES string of the molecule is CCCCCc1ccc(C2=CCC(c3ccc(C4CCC(c5ccc(CC)c(F)c5F)CC4)c(F)c3F)CC2)c(F)c1F. The van der Waals surface area contributed by atoms with E-state index in [4.69, 9.17) is 0 Å². The molecule has 0 amide bonds. The summed E-state index contributed by atoms with van der Waals surface area (Å²) < 4.78 is 89.5. The first-order valence-corrected chi connectivity index (χ1v) is 15.9. The lowest BCUT2D eigenvalue weighted by Crippen LogP contribution is -2.16. The van der Waals surface area contributed by atoms with Gasteiger partial charge in [0.1, 0.15) is 0 Å². The zero-order valence-corrected chi connectivity index (χ0v) is 25.0. The number of halogens is 6. The van der Waals surface area contributed by atoms with Gasteiger partial charge in [0.2, 0.25) is 0 Å². The lowest BCUT2D eigenvalue weighted by molar-refractivity contribution is 0.368. The maximum absolute atomic E-state index is 15.4. The fraction of sp³-hybridized carbons (Fsp3) is 0.459. The third kappa shape index (κ3) is 6.44. The van der Waals surface area contributed by atoms with Crippen LogP contribution in [0.5, 0.6) is 0 Å². The molecule has 0 N–H and O–H groups in total. The van der Waals surface area contributed by atoms with Crippen LogP contribution in [0.4, 0.5) is 26.3 Å². The van der Waals surface area contributed by atoms with Crippen molar-refractivity contribution in [3.05, 3.63) is 111 Å². The van der Waals surface area contributed by atoms with Crippen LogP contribution in [0.25, 0.3) is 5.57 Å². The number of hydrogen-bond donors (Lipinski definition) is 0. The fourth-order valence-corrected chi connectivity index (χ4v) is 7.08.